The van der Waals surface area contributed by atoms with E-state index in [0.717, 1.165) is 24.8 Å². The number of hydrogen-bond acceptors (Lipinski definition) is 2. The Morgan fingerprint density at radius 3 is 2.64 bits per heavy atom. The molecule has 0 aliphatic heterocycles. The molecule has 0 saturated heterocycles. The molecule has 0 aliphatic rings. The minimum Gasteiger partial charge on any atom is -0.492 e. The van der Waals surface area contributed by atoms with Gasteiger partial charge in [0.15, 0.2) is 5.96 Å². The first kappa shape index (κ1) is 15.9. The first-order valence-corrected chi connectivity index (χ1v) is 7.52. The third-order valence-corrected chi connectivity index (χ3v) is 3.21. The van der Waals surface area contributed by atoms with E-state index in [9.17, 15) is 0 Å². The van der Waals surface area contributed by atoms with Crippen molar-refractivity contribution in [2.75, 3.05) is 26.7 Å². The highest BCUT2D eigenvalue weighted by Crippen LogP contribution is 2.11. The van der Waals surface area contributed by atoms with Gasteiger partial charge in [-0.1, -0.05) is 12.1 Å². The van der Waals surface area contributed by atoms with E-state index in [0.29, 0.717) is 13.2 Å². The first-order valence-electron chi connectivity index (χ1n) is 7.52. The molecule has 5 nitrogen and oxygen atoms in total. The van der Waals surface area contributed by atoms with Crippen molar-refractivity contribution in [1.82, 2.24) is 15.2 Å². The van der Waals surface area contributed by atoms with Gasteiger partial charge in [-0.3, -0.25) is 4.99 Å². The van der Waals surface area contributed by atoms with Crippen LogP contribution in [0.4, 0.5) is 0 Å². The Kier molecular flexibility index (Phi) is 6.36. The Morgan fingerprint density at radius 1 is 1.14 bits per heavy atom. The van der Waals surface area contributed by atoms with Gasteiger partial charge >= 0.3 is 0 Å². The van der Waals surface area contributed by atoms with Crippen LogP contribution in [0.2, 0.25) is 0 Å². The van der Waals surface area contributed by atoms with Gasteiger partial charge in [0.1, 0.15) is 12.4 Å². The summed E-state index contributed by atoms with van der Waals surface area (Å²) in [6.07, 6.45) is 4.10. The molecular formula is C17H24N4O. The van der Waals surface area contributed by atoms with Crippen LogP contribution in [0.5, 0.6) is 5.75 Å². The number of aromatic nitrogens is 1. The second kappa shape index (κ2) is 8.77. The van der Waals surface area contributed by atoms with Gasteiger partial charge in [0.25, 0.3) is 0 Å². The van der Waals surface area contributed by atoms with Gasteiger partial charge in [-0.2, -0.15) is 0 Å². The molecule has 0 bridgehead atoms. The van der Waals surface area contributed by atoms with Crippen LogP contribution in [0.25, 0.3) is 0 Å². The highest BCUT2D eigenvalue weighted by Gasteiger charge is 1.98. The zero-order valence-corrected chi connectivity index (χ0v) is 13.2. The SMILES string of the molecule is CN=C(NCCOc1cccc(C)c1)NCCn1cccc1. The van der Waals surface area contributed by atoms with Crippen molar-refractivity contribution in [2.45, 2.75) is 13.5 Å². The molecule has 0 atom stereocenters. The third kappa shape index (κ3) is 5.52. The van der Waals surface area contributed by atoms with Crippen molar-refractivity contribution in [3.63, 3.8) is 0 Å². The van der Waals surface area contributed by atoms with Crippen LogP contribution >= 0.6 is 0 Å². The van der Waals surface area contributed by atoms with Gasteiger partial charge in [0, 0.05) is 32.5 Å². The predicted octanol–water partition coefficient (Wildman–Crippen LogP) is 2.04. The van der Waals surface area contributed by atoms with E-state index in [1.54, 1.807) is 7.05 Å². The standard InChI is InChI=1S/C17H24N4O/c1-15-6-5-7-16(14-15)22-13-9-20-17(18-2)19-8-12-21-10-3-4-11-21/h3-7,10-11,14H,8-9,12-13H2,1-2H3,(H2,18,19,20). The highest BCUT2D eigenvalue weighted by molar-refractivity contribution is 5.79. The Bertz CT molecular complexity index is 578. The lowest BCUT2D eigenvalue weighted by Gasteiger charge is -2.13. The van der Waals surface area contributed by atoms with Crippen LogP contribution in [0.15, 0.2) is 53.8 Å². The second-order valence-corrected chi connectivity index (χ2v) is 5.01. The van der Waals surface area contributed by atoms with Crippen molar-refractivity contribution >= 4 is 5.96 Å². The fourth-order valence-corrected chi connectivity index (χ4v) is 2.09. The van der Waals surface area contributed by atoms with Crippen molar-refractivity contribution in [3.8, 4) is 5.75 Å². The summed E-state index contributed by atoms with van der Waals surface area (Å²) in [6.45, 7) is 5.10. The van der Waals surface area contributed by atoms with Crippen LogP contribution < -0.4 is 15.4 Å². The quantitative estimate of drug-likeness (QED) is 0.467. The molecule has 118 valence electrons. The fourth-order valence-electron chi connectivity index (χ4n) is 2.09. The summed E-state index contributed by atoms with van der Waals surface area (Å²) in [5.74, 6) is 1.69. The summed E-state index contributed by atoms with van der Waals surface area (Å²) in [5.41, 5.74) is 1.20. The Hall–Kier alpha value is -2.43. The van der Waals surface area contributed by atoms with Gasteiger partial charge in [0.05, 0.1) is 6.54 Å². The van der Waals surface area contributed by atoms with E-state index >= 15 is 0 Å². The van der Waals surface area contributed by atoms with Gasteiger partial charge in [0.2, 0.25) is 0 Å². The number of aryl methyl sites for hydroxylation is 1. The van der Waals surface area contributed by atoms with Crippen molar-refractivity contribution in [1.29, 1.82) is 0 Å². The van der Waals surface area contributed by atoms with Crippen molar-refractivity contribution in [2.24, 2.45) is 4.99 Å². The fraction of sp³-hybridized carbons (Fsp3) is 0.353. The van der Waals surface area contributed by atoms with Crippen LogP contribution in [0.1, 0.15) is 5.56 Å². The number of rotatable bonds is 7. The van der Waals surface area contributed by atoms with Crippen LogP contribution in [-0.4, -0.2) is 37.3 Å². The zero-order valence-electron chi connectivity index (χ0n) is 13.2. The van der Waals surface area contributed by atoms with Gasteiger partial charge in [-0.25, -0.2) is 0 Å². The van der Waals surface area contributed by atoms with E-state index in [1.807, 2.05) is 42.7 Å². The highest BCUT2D eigenvalue weighted by atomic mass is 16.5. The number of nitrogens with zero attached hydrogens (tertiary/aromatic N) is 2. The average Bonchev–Trinajstić information content (AvgIpc) is 3.03. The number of hydrogen-bond donors (Lipinski definition) is 2. The van der Waals surface area contributed by atoms with E-state index < -0.39 is 0 Å². The van der Waals surface area contributed by atoms with E-state index in [4.69, 9.17) is 4.74 Å². The first-order chi connectivity index (χ1) is 10.8. The lowest BCUT2D eigenvalue weighted by atomic mass is 10.2. The lowest BCUT2D eigenvalue weighted by Crippen LogP contribution is -2.40. The third-order valence-electron chi connectivity index (χ3n) is 3.21. The number of ether oxygens (including phenoxy) is 1. The minimum atomic E-state index is 0.599. The summed E-state index contributed by atoms with van der Waals surface area (Å²) >= 11 is 0. The summed E-state index contributed by atoms with van der Waals surface area (Å²) < 4.78 is 7.82. The number of benzene rings is 1. The lowest BCUT2D eigenvalue weighted by molar-refractivity contribution is 0.321. The molecule has 1 aromatic heterocycles. The van der Waals surface area contributed by atoms with Crippen LogP contribution in [-0.2, 0) is 6.54 Å². The second-order valence-electron chi connectivity index (χ2n) is 5.01. The molecular weight excluding hydrogens is 276 g/mol. The zero-order chi connectivity index (χ0) is 15.6. The Balaban J connectivity index is 1.62. The predicted molar refractivity (Wildman–Crippen MR) is 90.5 cm³/mol. The molecule has 0 fully saturated rings. The maximum Gasteiger partial charge on any atom is 0.191 e. The molecule has 0 amide bonds. The maximum absolute atomic E-state index is 5.70. The normalized spacial score (nSPS) is 11.3. The van der Waals surface area contributed by atoms with Crippen LogP contribution in [0, 0.1) is 6.92 Å². The van der Waals surface area contributed by atoms with E-state index in [1.165, 1.54) is 5.56 Å². The summed E-state index contributed by atoms with van der Waals surface area (Å²) in [4.78, 5) is 4.20. The molecule has 2 N–H and O–H groups in total. The summed E-state index contributed by atoms with van der Waals surface area (Å²) in [5, 5.41) is 6.52. The summed E-state index contributed by atoms with van der Waals surface area (Å²) in [7, 11) is 1.77. The summed E-state index contributed by atoms with van der Waals surface area (Å²) in [6, 6.07) is 12.1. The molecule has 0 radical (unpaired) electrons. The molecule has 2 rings (SSSR count). The largest absolute Gasteiger partial charge is 0.492 e. The molecule has 0 unspecified atom stereocenters. The Morgan fingerprint density at radius 2 is 1.91 bits per heavy atom. The molecule has 0 aliphatic carbocycles. The van der Waals surface area contributed by atoms with Crippen molar-refractivity contribution < 1.29 is 4.74 Å². The molecule has 0 spiro atoms. The topological polar surface area (TPSA) is 50.6 Å². The van der Waals surface area contributed by atoms with Gasteiger partial charge < -0.3 is 19.9 Å². The molecule has 1 aromatic carbocycles. The molecule has 0 saturated carbocycles. The van der Waals surface area contributed by atoms with Gasteiger partial charge in [-0.05, 0) is 36.8 Å². The molecule has 22 heavy (non-hydrogen) atoms. The monoisotopic (exact) mass is 300 g/mol. The van der Waals surface area contributed by atoms with E-state index in [-0.39, 0.29) is 0 Å². The average molecular weight is 300 g/mol. The number of aliphatic imine (C=N–C) groups is 1. The van der Waals surface area contributed by atoms with Crippen molar-refractivity contribution in [3.05, 3.63) is 54.4 Å². The van der Waals surface area contributed by atoms with E-state index in [2.05, 4.69) is 33.2 Å². The van der Waals surface area contributed by atoms with Gasteiger partial charge in [-0.15, -0.1) is 0 Å². The molecule has 2 aromatic rings. The minimum absolute atomic E-state index is 0.599. The number of nitrogens with one attached hydrogen (secondary N) is 2. The van der Waals surface area contributed by atoms with Crippen LogP contribution in [0.3, 0.4) is 0 Å². The number of guanidine groups is 1. The molecule has 1 heterocycles. The maximum atomic E-state index is 5.70. The smallest absolute Gasteiger partial charge is 0.191 e. The Labute approximate surface area is 132 Å². The molecule has 5 heteroatoms.